The lowest BCUT2D eigenvalue weighted by molar-refractivity contribution is -0.136. The molecule has 7 heteroatoms. The molecule has 3 atom stereocenters. The Balaban J connectivity index is 2.12. The Kier molecular flexibility index (Phi) is 7.80. The molecule has 0 bridgehead atoms. The first-order valence-electron chi connectivity index (χ1n) is 11.5. The first kappa shape index (κ1) is 24.5. The van der Waals surface area contributed by atoms with E-state index in [4.69, 9.17) is 0 Å². The van der Waals surface area contributed by atoms with Gasteiger partial charge >= 0.3 is 6.03 Å². The number of rotatable bonds is 4. The van der Waals surface area contributed by atoms with Gasteiger partial charge in [0.15, 0.2) is 0 Å². The molecule has 2 aliphatic heterocycles. The van der Waals surface area contributed by atoms with E-state index in [2.05, 4.69) is 17.6 Å². The van der Waals surface area contributed by atoms with Crippen LogP contribution in [-0.4, -0.2) is 65.4 Å². The highest BCUT2D eigenvalue weighted by molar-refractivity contribution is 5.91. The Morgan fingerprint density at radius 1 is 0.767 bits per heavy atom. The van der Waals surface area contributed by atoms with Crippen LogP contribution in [0, 0.1) is 10.8 Å². The van der Waals surface area contributed by atoms with Crippen LogP contribution in [0.5, 0.6) is 0 Å². The van der Waals surface area contributed by atoms with E-state index in [0.29, 0.717) is 0 Å². The Bertz CT molecular complexity index is 629. The van der Waals surface area contributed by atoms with Crippen LogP contribution in [0.15, 0.2) is 0 Å². The first-order chi connectivity index (χ1) is 13.8. The normalized spacial score (nSPS) is 22.4. The molecule has 0 aromatic carbocycles. The van der Waals surface area contributed by atoms with E-state index in [0.717, 1.165) is 51.7 Å². The lowest BCUT2D eigenvalue weighted by Gasteiger charge is -2.38. The summed E-state index contributed by atoms with van der Waals surface area (Å²) in [6.07, 6.45) is 5.13. The zero-order valence-corrected chi connectivity index (χ0v) is 20.0. The van der Waals surface area contributed by atoms with E-state index in [-0.39, 0.29) is 17.9 Å². The topological polar surface area (TPSA) is 81.8 Å². The van der Waals surface area contributed by atoms with Crippen molar-refractivity contribution in [2.45, 2.75) is 98.7 Å². The molecule has 30 heavy (non-hydrogen) atoms. The summed E-state index contributed by atoms with van der Waals surface area (Å²) in [4.78, 5) is 43.1. The van der Waals surface area contributed by atoms with Gasteiger partial charge in [0.1, 0.15) is 12.1 Å². The number of hydrogen-bond donors (Lipinski definition) is 2. The third-order valence-corrected chi connectivity index (χ3v) is 6.28. The van der Waals surface area contributed by atoms with Gasteiger partial charge in [-0.2, -0.15) is 0 Å². The number of nitrogens with one attached hydrogen (secondary N) is 2. The van der Waals surface area contributed by atoms with Crippen LogP contribution >= 0.6 is 0 Å². The summed E-state index contributed by atoms with van der Waals surface area (Å²) >= 11 is 0. The zero-order chi connectivity index (χ0) is 22.7. The van der Waals surface area contributed by atoms with Gasteiger partial charge in [-0.15, -0.1) is 0 Å². The Morgan fingerprint density at radius 2 is 1.27 bits per heavy atom. The smallest absolute Gasteiger partial charge is 0.316 e. The van der Waals surface area contributed by atoms with Crippen molar-refractivity contribution < 1.29 is 14.4 Å². The molecule has 0 aromatic rings. The fourth-order valence-corrected chi connectivity index (χ4v) is 4.32. The molecule has 0 spiro atoms. The summed E-state index contributed by atoms with van der Waals surface area (Å²) in [6, 6.07) is -1.56. The number of nitrogens with zero attached hydrogens (tertiary/aromatic N) is 2. The number of carbonyl (C=O) groups is 3. The molecule has 4 amide bonds. The average Bonchev–Trinajstić information content (AvgIpc) is 3.08. The lowest BCUT2D eigenvalue weighted by Crippen LogP contribution is -2.61. The summed E-state index contributed by atoms with van der Waals surface area (Å²) in [5, 5.41) is 5.80. The summed E-state index contributed by atoms with van der Waals surface area (Å²) in [6.45, 7) is 16.0. The molecule has 0 aliphatic carbocycles. The van der Waals surface area contributed by atoms with Crippen molar-refractivity contribution in [1.29, 1.82) is 0 Å². The standard InChI is InChI=1S/C23H42N4O3/c1-16-12-11-15-27(16)20(29)18(23(5,6)7)25-21(30)24-17(22(2,3)4)19(28)26-13-9-8-10-14-26/h16-18H,8-15H2,1-7H3,(H2,24,25,30). The minimum atomic E-state index is -0.649. The molecule has 3 unspecified atom stereocenters. The highest BCUT2D eigenvalue weighted by atomic mass is 16.2. The molecule has 2 rings (SSSR count). The van der Waals surface area contributed by atoms with Crippen molar-refractivity contribution in [2.75, 3.05) is 19.6 Å². The minimum Gasteiger partial charge on any atom is -0.341 e. The van der Waals surface area contributed by atoms with Crippen LogP contribution in [0.3, 0.4) is 0 Å². The molecular weight excluding hydrogens is 380 g/mol. The predicted octanol–water partition coefficient (Wildman–Crippen LogP) is 3.14. The fourth-order valence-electron chi connectivity index (χ4n) is 4.32. The van der Waals surface area contributed by atoms with Gasteiger partial charge in [-0.3, -0.25) is 9.59 Å². The first-order valence-corrected chi connectivity index (χ1v) is 11.5. The van der Waals surface area contributed by atoms with Crippen LogP contribution in [0.25, 0.3) is 0 Å². The Hall–Kier alpha value is -1.79. The molecule has 2 aliphatic rings. The largest absolute Gasteiger partial charge is 0.341 e. The number of amides is 4. The average molecular weight is 423 g/mol. The van der Waals surface area contributed by atoms with E-state index in [1.54, 1.807) is 0 Å². The van der Waals surface area contributed by atoms with E-state index in [1.165, 1.54) is 0 Å². The van der Waals surface area contributed by atoms with Gasteiger partial charge in [-0.25, -0.2) is 4.79 Å². The second-order valence-corrected chi connectivity index (χ2v) is 11.1. The maximum absolute atomic E-state index is 13.2. The molecule has 0 radical (unpaired) electrons. The molecule has 172 valence electrons. The van der Waals surface area contributed by atoms with Crippen molar-refractivity contribution in [1.82, 2.24) is 20.4 Å². The van der Waals surface area contributed by atoms with Crippen molar-refractivity contribution in [3.8, 4) is 0 Å². The highest BCUT2D eigenvalue weighted by Gasteiger charge is 2.40. The number of urea groups is 1. The van der Waals surface area contributed by atoms with Gasteiger partial charge in [0.2, 0.25) is 11.8 Å². The summed E-state index contributed by atoms with van der Waals surface area (Å²) in [7, 11) is 0. The van der Waals surface area contributed by atoms with Crippen molar-refractivity contribution in [2.24, 2.45) is 10.8 Å². The second-order valence-electron chi connectivity index (χ2n) is 11.1. The minimum absolute atomic E-state index is 0.0378. The van der Waals surface area contributed by atoms with Crippen molar-refractivity contribution in [3.05, 3.63) is 0 Å². The number of piperidine rings is 1. The third-order valence-electron chi connectivity index (χ3n) is 6.28. The third kappa shape index (κ3) is 6.11. The fraction of sp³-hybridized carbons (Fsp3) is 0.870. The van der Waals surface area contributed by atoms with Gasteiger partial charge in [-0.1, -0.05) is 41.5 Å². The van der Waals surface area contributed by atoms with E-state index in [1.807, 2.05) is 51.3 Å². The zero-order valence-electron chi connectivity index (χ0n) is 20.0. The molecule has 0 aromatic heterocycles. The molecule has 2 saturated heterocycles. The second kappa shape index (κ2) is 9.56. The molecule has 2 N–H and O–H groups in total. The van der Waals surface area contributed by atoms with Crippen LogP contribution in [-0.2, 0) is 9.59 Å². The molecule has 7 nitrogen and oxygen atoms in total. The maximum Gasteiger partial charge on any atom is 0.316 e. The monoisotopic (exact) mass is 422 g/mol. The van der Waals surface area contributed by atoms with Crippen LogP contribution in [0.4, 0.5) is 4.79 Å². The number of likely N-dealkylation sites (tertiary alicyclic amines) is 2. The van der Waals surface area contributed by atoms with E-state index < -0.39 is 28.9 Å². The Labute approximate surface area is 182 Å². The Morgan fingerprint density at radius 3 is 1.70 bits per heavy atom. The number of hydrogen-bond acceptors (Lipinski definition) is 3. The predicted molar refractivity (Wildman–Crippen MR) is 119 cm³/mol. The molecule has 2 fully saturated rings. The van der Waals surface area contributed by atoms with Crippen LogP contribution in [0.2, 0.25) is 0 Å². The summed E-state index contributed by atoms with van der Waals surface area (Å²) in [5.41, 5.74) is -0.874. The lowest BCUT2D eigenvalue weighted by atomic mass is 9.85. The van der Waals surface area contributed by atoms with Crippen LogP contribution in [0.1, 0.15) is 80.6 Å². The quantitative estimate of drug-likeness (QED) is 0.730. The van der Waals surface area contributed by atoms with Gasteiger partial charge < -0.3 is 20.4 Å². The highest BCUT2D eigenvalue weighted by Crippen LogP contribution is 2.26. The molecule has 2 heterocycles. The maximum atomic E-state index is 13.2. The van der Waals surface area contributed by atoms with E-state index >= 15 is 0 Å². The van der Waals surface area contributed by atoms with Crippen LogP contribution < -0.4 is 10.6 Å². The molecule has 0 saturated carbocycles. The van der Waals surface area contributed by atoms with Crippen molar-refractivity contribution in [3.63, 3.8) is 0 Å². The summed E-state index contributed by atoms with van der Waals surface area (Å²) in [5.74, 6) is -0.0820. The van der Waals surface area contributed by atoms with E-state index in [9.17, 15) is 14.4 Å². The van der Waals surface area contributed by atoms with Gasteiger partial charge in [0.05, 0.1) is 0 Å². The molecular formula is C23H42N4O3. The van der Waals surface area contributed by atoms with Gasteiger partial charge in [0.25, 0.3) is 0 Å². The van der Waals surface area contributed by atoms with Gasteiger partial charge in [0, 0.05) is 25.7 Å². The number of carbonyl (C=O) groups excluding carboxylic acids is 3. The summed E-state index contributed by atoms with van der Waals surface area (Å²) < 4.78 is 0. The van der Waals surface area contributed by atoms with Crippen molar-refractivity contribution >= 4 is 17.8 Å². The SMILES string of the molecule is CC1CCCN1C(=O)C(NC(=O)NC(C(=O)N1CCCCC1)C(C)(C)C)C(C)(C)C. The van der Waals surface area contributed by atoms with Gasteiger partial charge in [-0.05, 0) is 49.9 Å².